The van der Waals surface area contributed by atoms with Gasteiger partial charge in [0, 0.05) is 12.2 Å². The van der Waals surface area contributed by atoms with E-state index in [1.807, 2.05) is 12.2 Å². The van der Waals surface area contributed by atoms with E-state index in [9.17, 15) is 9.59 Å². The molecule has 17 heavy (non-hydrogen) atoms. The first-order valence-electron chi connectivity index (χ1n) is 5.92. The molecule has 0 fully saturated rings. The van der Waals surface area contributed by atoms with Crippen LogP contribution >= 0.6 is 0 Å². The van der Waals surface area contributed by atoms with Crippen LogP contribution in [0.1, 0.15) is 39.0 Å². The first kappa shape index (κ1) is 15.4. The molecule has 0 aromatic rings. The lowest BCUT2D eigenvalue weighted by Crippen LogP contribution is -1.96. The zero-order chi connectivity index (χ0) is 12.9. The van der Waals surface area contributed by atoms with Gasteiger partial charge in [0.1, 0.15) is 0 Å². The van der Waals surface area contributed by atoms with Crippen molar-refractivity contribution in [1.82, 2.24) is 0 Å². The van der Waals surface area contributed by atoms with Crippen LogP contribution in [0.5, 0.6) is 0 Å². The molecule has 3 nitrogen and oxygen atoms in total. The average Bonchev–Trinajstić information content (AvgIpc) is 2.68. The van der Waals surface area contributed by atoms with Gasteiger partial charge in [0.05, 0.1) is 0 Å². The first-order chi connectivity index (χ1) is 8.20. The molecular weight excluding hydrogens is 216 g/mol. The summed E-state index contributed by atoms with van der Waals surface area (Å²) in [5, 5.41) is 0. The summed E-state index contributed by atoms with van der Waals surface area (Å²) in [6.07, 6.45) is 14.8. The maximum atomic E-state index is 9.92. The lowest BCUT2D eigenvalue weighted by atomic mass is 10.1. The molecule has 3 heteroatoms. The second-order valence-electron chi connectivity index (χ2n) is 3.59. The summed E-state index contributed by atoms with van der Waals surface area (Å²) in [4.78, 5) is 19.8. The normalized spacial score (nSPS) is 13.5. The molecule has 0 saturated heterocycles. The maximum absolute atomic E-state index is 9.92. The number of hydrogen-bond donors (Lipinski definition) is 0. The van der Waals surface area contributed by atoms with Gasteiger partial charge in [0.15, 0.2) is 0 Å². The van der Waals surface area contributed by atoms with Gasteiger partial charge in [0.25, 0.3) is 0 Å². The number of esters is 2. The van der Waals surface area contributed by atoms with Crippen molar-refractivity contribution in [3.05, 3.63) is 37.0 Å². The molecule has 0 N–H and O–H groups in total. The van der Waals surface area contributed by atoms with Gasteiger partial charge >= 0.3 is 11.9 Å². The van der Waals surface area contributed by atoms with Crippen LogP contribution in [-0.4, -0.2) is 11.9 Å². The highest BCUT2D eigenvalue weighted by Crippen LogP contribution is 2.02. The topological polar surface area (TPSA) is 43.4 Å². The van der Waals surface area contributed by atoms with Crippen molar-refractivity contribution in [1.29, 1.82) is 0 Å². The predicted octanol–water partition coefficient (Wildman–Crippen LogP) is 3.33. The molecule has 0 amide bonds. The Hall–Kier alpha value is -1.64. The van der Waals surface area contributed by atoms with Gasteiger partial charge < -0.3 is 4.74 Å². The molecule has 1 heterocycles. The van der Waals surface area contributed by atoms with E-state index in [2.05, 4.69) is 24.3 Å². The molecule has 1 rings (SSSR count). The predicted molar refractivity (Wildman–Crippen MR) is 68.3 cm³/mol. The van der Waals surface area contributed by atoms with E-state index in [1.54, 1.807) is 0 Å². The molecule has 0 aromatic carbocycles. The molecule has 0 saturated carbocycles. The van der Waals surface area contributed by atoms with E-state index < -0.39 is 11.9 Å². The van der Waals surface area contributed by atoms with Gasteiger partial charge in [-0.2, -0.15) is 0 Å². The highest BCUT2D eigenvalue weighted by atomic mass is 16.6. The summed E-state index contributed by atoms with van der Waals surface area (Å²) >= 11 is 0. The van der Waals surface area contributed by atoms with Crippen molar-refractivity contribution >= 4 is 11.9 Å². The number of rotatable bonds is 6. The summed E-state index contributed by atoms with van der Waals surface area (Å²) in [7, 11) is 0. The number of carbonyl (C=O) groups excluding carboxylic acids is 2. The van der Waals surface area contributed by atoms with Crippen LogP contribution < -0.4 is 0 Å². The van der Waals surface area contributed by atoms with Crippen LogP contribution in [0, 0.1) is 0 Å². The molecule has 0 spiro atoms. The number of allylic oxidation sites excluding steroid dienone is 3. The standard InChI is InChI=1S/C10H18.C4H2O3/c1-3-5-7-9-10-8-6-4-2;5-3-1-2-4(6)7-3/h3,5,7H,1,4,6,8-10H2,2H3;1-2H. The van der Waals surface area contributed by atoms with Crippen molar-refractivity contribution in [3.63, 3.8) is 0 Å². The van der Waals surface area contributed by atoms with Gasteiger partial charge in [-0.3, -0.25) is 0 Å². The minimum absolute atomic E-state index is 0.579. The monoisotopic (exact) mass is 236 g/mol. The van der Waals surface area contributed by atoms with Gasteiger partial charge in [-0.25, -0.2) is 9.59 Å². The summed E-state index contributed by atoms with van der Waals surface area (Å²) in [5.74, 6) is -1.16. The van der Waals surface area contributed by atoms with E-state index >= 15 is 0 Å². The van der Waals surface area contributed by atoms with E-state index in [-0.39, 0.29) is 0 Å². The number of unbranched alkanes of at least 4 members (excludes halogenated alkanes) is 4. The van der Waals surface area contributed by atoms with Crippen LogP contribution in [0.3, 0.4) is 0 Å². The highest BCUT2D eigenvalue weighted by Gasteiger charge is 2.10. The van der Waals surface area contributed by atoms with E-state index in [1.165, 1.54) is 32.1 Å². The Balaban J connectivity index is 0.000000318. The summed E-state index contributed by atoms with van der Waals surface area (Å²) < 4.78 is 3.97. The fourth-order valence-corrected chi connectivity index (χ4v) is 1.18. The molecule has 1 aliphatic heterocycles. The van der Waals surface area contributed by atoms with Crippen molar-refractivity contribution < 1.29 is 14.3 Å². The molecule has 0 aliphatic carbocycles. The van der Waals surface area contributed by atoms with Crippen LogP contribution in [0.4, 0.5) is 0 Å². The van der Waals surface area contributed by atoms with Crippen molar-refractivity contribution in [2.45, 2.75) is 39.0 Å². The van der Waals surface area contributed by atoms with Crippen LogP contribution in [0.2, 0.25) is 0 Å². The second-order valence-corrected chi connectivity index (χ2v) is 3.59. The zero-order valence-electron chi connectivity index (χ0n) is 10.4. The minimum Gasteiger partial charge on any atom is -0.387 e. The van der Waals surface area contributed by atoms with Crippen molar-refractivity contribution in [2.75, 3.05) is 0 Å². The van der Waals surface area contributed by atoms with Crippen LogP contribution in [-0.2, 0) is 14.3 Å². The van der Waals surface area contributed by atoms with Gasteiger partial charge in [-0.1, -0.05) is 51.0 Å². The Kier molecular flexibility index (Phi) is 9.82. The van der Waals surface area contributed by atoms with Crippen LogP contribution in [0.25, 0.3) is 0 Å². The maximum Gasteiger partial charge on any atom is 0.338 e. The molecular formula is C14H20O3. The fraction of sp³-hybridized carbons (Fsp3) is 0.429. The Morgan fingerprint density at radius 3 is 2.24 bits per heavy atom. The number of hydrogen-bond acceptors (Lipinski definition) is 3. The van der Waals surface area contributed by atoms with Gasteiger partial charge in [-0.05, 0) is 12.8 Å². The SMILES string of the molecule is C=CC=CCCCCCC.O=C1C=CC(=O)O1. The Bertz CT molecular complexity index is 285. The third-order valence-corrected chi connectivity index (χ3v) is 2.05. The lowest BCUT2D eigenvalue weighted by molar-refractivity contribution is -0.150. The quantitative estimate of drug-likeness (QED) is 0.307. The average molecular weight is 236 g/mol. The molecule has 0 atom stereocenters. The molecule has 0 radical (unpaired) electrons. The van der Waals surface area contributed by atoms with Crippen molar-refractivity contribution in [2.24, 2.45) is 0 Å². The Morgan fingerprint density at radius 1 is 1.18 bits per heavy atom. The second kappa shape index (κ2) is 10.9. The largest absolute Gasteiger partial charge is 0.387 e. The summed E-state index contributed by atoms with van der Waals surface area (Å²) in [6, 6.07) is 0. The van der Waals surface area contributed by atoms with Crippen LogP contribution in [0.15, 0.2) is 37.0 Å². The molecule has 0 aromatic heterocycles. The number of ether oxygens (including phenoxy) is 1. The summed E-state index contributed by atoms with van der Waals surface area (Å²) in [6.45, 7) is 5.84. The van der Waals surface area contributed by atoms with Gasteiger partial charge in [0.2, 0.25) is 0 Å². The van der Waals surface area contributed by atoms with Gasteiger partial charge in [-0.15, -0.1) is 0 Å². The molecule has 0 bridgehead atoms. The molecule has 0 unspecified atom stereocenters. The fourth-order valence-electron chi connectivity index (χ4n) is 1.18. The molecule has 94 valence electrons. The minimum atomic E-state index is -0.579. The smallest absolute Gasteiger partial charge is 0.338 e. The first-order valence-corrected chi connectivity index (χ1v) is 5.92. The Labute approximate surface area is 103 Å². The lowest BCUT2D eigenvalue weighted by Gasteiger charge is -1.92. The Morgan fingerprint density at radius 2 is 1.82 bits per heavy atom. The van der Waals surface area contributed by atoms with E-state index in [0.29, 0.717) is 0 Å². The third kappa shape index (κ3) is 10.6. The summed E-state index contributed by atoms with van der Waals surface area (Å²) in [5.41, 5.74) is 0. The number of carbonyl (C=O) groups is 2. The van der Waals surface area contributed by atoms with E-state index in [0.717, 1.165) is 12.2 Å². The van der Waals surface area contributed by atoms with E-state index in [4.69, 9.17) is 0 Å². The molecule has 1 aliphatic rings. The zero-order valence-corrected chi connectivity index (χ0v) is 10.4. The van der Waals surface area contributed by atoms with Crippen molar-refractivity contribution in [3.8, 4) is 0 Å². The third-order valence-electron chi connectivity index (χ3n) is 2.05. The number of cyclic esters (lactones) is 2. The highest BCUT2D eigenvalue weighted by molar-refractivity contribution is 6.04.